The maximum atomic E-state index is 5.50. The number of aryl methyl sites for hydroxylation is 2. The summed E-state index contributed by atoms with van der Waals surface area (Å²) in [7, 11) is 1.53. The molecule has 0 bridgehead atoms. The standard InChI is InChI=1S/C24H32N4O3/c1-5-16-30-17-8-12-21-10-7-15-24(26-21)20(3)28-31-18-9-13-22-11-6-14-23(25-22)19(2)27-29-4/h5-7,10-11,14-15H,1,8-9,12-13,16-18H2,2-4H3/b27-19+,28-20+. The van der Waals surface area contributed by atoms with Crippen molar-refractivity contribution in [2.45, 2.75) is 39.5 Å². The summed E-state index contributed by atoms with van der Waals surface area (Å²) in [6.07, 6.45) is 5.14. The molecule has 2 heterocycles. The van der Waals surface area contributed by atoms with Gasteiger partial charge in [-0.1, -0.05) is 28.5 Å². The maximum absolute atomic E-state index is 5.50. The van der Waals surface area contributed by atoms with E-state index in [1.54, 1.807) is 6.08 Å². The van der Waals surface area contributed by atoms with Crippen LogP contribution in [0.5, 0.6) is 0 Å². The lowest BCUT2D eigenvalue weighted by Gasteiger charge is -2.06. The van der Waals surface area contributed by atoms with Gasteiger partial charge in [0.05, 0.1) is 18.0 Å². The number of hydrogen-bond acceptors (Lipinski definition) is 7. The van der Waals surface area contributed by atoms with Crippen LogP contribution in [0.25, 0.3) is 0 Å². The van der Waals surface area contributed by atoms with Gasteiger partial charge in [0.2, 0.25) is 0 Å². The lowest BCUT2D eigenvalue weighted by molar-refractivity contribution is 0.141. The molecule has 0 unspecified atom stereocenters. The van der Waals surface area contributed by atoms with E-state index >= 15 is 0 Å². The van der Waals surface area contributed by atoms with Crippen LogP contribution in [0.3, 0.4) is 0 Å². The predicted molar refractivity (Wildman–Crippen MR) is 124 cm³/mol. The maximum Gasteiger partial charge on any atom is 0.117 e. The molecule has 0 fully saturated rings. The van der Waals surface area contributed by atoms with E-state index in [9.17, 15) is 0 Å². The molecule has 31 heavy (non-hydrogen) atoms. The molecule has 0 amide bonds. The molecule has 0 radical (unpaired) electrons. The van der Waals surface area contributed by atoms with Gasteiger partial charge in [-0.2, -0.15) is 0 Å². The zero-order valence-electron chi connectivity index (χ0n) is 18.7. The molecular formula is C24H32N4O3. The van der Waals surface area contributed by atoms with Crippen molar-refractivity contribution in [2.24, 2.45) is 10.3 Å². The van der Waals surface area contributed by atoms with Gasteiger partial charge in [-0.3, -0.25) is 9.97 Å². The molecule has 0 saturated heterocycles. The Morgan fingerprint density at radius 3 is 2.06 bits per heavy atom. The van der Waals surface area contributed by atoms with Gasteiger partial charge in [0.1, 0.15) is 25.1 Å². The average Bonchev–Trinajstić information content (AvgIpc) is 2.79. The van der Waals surface area contributed by atoms with Crippen molar-refractivity contribution in [1.82, 2.24) is 9.97 Å². The first-order valence-electron chi connectivity index (χ1n) is 10.5. The number of aromatic nitrogens is 2. The molecule has 0 aliphatic rings. The van der Waals surface area contributed by atoms with Crippen LogP contribution in [0.1, 0.15) is 49.5 Å². The summed E-state index contributed by atoms with van der Waals surface area (Å²) in [4.78, 5) is 19.6. The Morgan fingerprint density at radius 1 is 0.903 bits per heavy atom. The fourth-order valence-electron chi connectivity index (χ4n) is 2.85. The van der Waals surface area contributed by atoms with Crippen LogP contribution >= 0.6 is 0 Å². The largest absolute Gasteiger partial charge is 0.399 e. The Labute approximate surface area is 184 Å². The zero-order valence-corrected chi connectivity index (χ0v) is 18.7. The van der Waals surface area contributed by atoms with Crippen molar-refractivity contribution in [1.29, 1.82) is 0 Å². The van der Waals surface area contributed by atoms with Crippen LogP contribution in [0.4, 0.5) is 0 Å². The van der Waals surface area contributed by atoms with E-state index in [4.69, 9.17) is 14.4 Å². The van der Waals surface area contributed by atoms with Crippen molar-refractivity contribution in [3.05, 3.63) is 71.8 Å². The number of nitrogens with zero attached hydrogens (tertiary/aromatic N) is 4. The monoisotopic (exact) mass is 424 g/mol. The SMILES string of the molecule is C=CCOCCCc1cccc(/C(C)=N/OCCCc2cccc(/C(C)=N/OC)n2)n1. The van der Waals surface area contributed by atoms with Gasteiger partial charge in [-0.15, -0.1) is 6.58 Å². The van der Waals surface area contributed by atoms with Crippen LogP contribution in [0.2, 0.25) is 0 Å². The molecular weight excluding hydrogens is 392 g/mol. The van der Waals surface area contributed by atoms with E-state index in [-0.39, 0.29) is 0 Å². The summed E-state index contributed by atoms with van der Waals surface area (Å²) in [5, 5.41) is 8.14. The van der Waals surface area contributed by atoms with E-state index in [0.29, 0.717) is 19.8 Å². The number of ether oxygens (including phenoxy) is 1. The highest BCUT2D eigenvalue weighted by Crippen LogP contribution is 2.07. The Morgan fingerprint density at radius 2 is 1.48 bits per heavy atom. The fourth-order valence-corrected chi connectivity index (χ4v) is 2.85. The minimum Gasteiger partial charge on any atom is -0.399 e. The third-order valence-corrected chi connectivity index (χ3v) is 4.41. The normalized spacial score (nSPS) is 12.0. The predicted octanol–water partition coefficient (Wildman–Crippen LogP) is 4.36. The fraction of sp³-hybridized carbons (Fsp3) is 0.417. The highest BCUT2D eigenvalue weighted by molar-refractivity contribution is 5.96. The first kappa shape index (κ1) is 24.2. The first-order chi connectivity index (χ1) is 15.1. The van der Waals surface area contributed by atoms with Crippen LogP contribution < -0.4 is 0 Å². The Bertz CT molecular complexity index is 881. The van der Waals surface area contributed by atoms with E-state index < -0.39 is 0 Å². The van der Waals surface area contributed by atoms with Crippen LogP contribution in [0.15, 0.2) is 59.4 Å². The van der Waals surface area contributed by atoms with E-state index in [2.05, 4.69) is 26.9 Å². The van der Waals surface area contributed by atoms with Gasteiger partial charge in [-0.25, -0.2) is 0 Å². The van der Waals surface area contributed by atoms with Crippen LogP contribution in [0, 0.1) is 0 Å². The molecule has 0 saturated carbocycles. The second-order valence-electron chi connectivity index (χ2n) is 6.97. The molecule has 7 heteroatoms. The Hall–Kier alpha value is -3.06. The zero-order chi connectivity index (χ0) is 22.3. The minimum atomic E-state index is 0.509. The van der Waals surface area contributed by atoms with Gasteiger partial charge in [0, 0.05) is 18.0 Å². The number of hydrogen-bond donors (Lipinski definition) is 0. The topological polar surface area (TPSA) is 78.2 Å². The van der Waals surface area contributed by atoms with Crippen molar-refractivity contribution in [3.8, 4) is 0 Å². The van der Waals surface area contributed by atoms with Gasteiger partial charge in [0.15, 0.2) is 0 Å². The van der Waals surface area contributed by atoms with Crippen molar-refractivity contribution >= 4 is 11.4 Å². The number of oxime groups is 2. The summed E-state index contributed by atoms with van der Waals surface area (Å²) in [5.74, 6) is 0. The molecule has 2 aromatic rings. The third-order valence-electron chi connectivity index (χ3n) is 4.41. The van der Waals surface area contributed by atoms with Crippen molar-refractivity contribution in [2.75, 3.05) is 26.9 Å². The Kier molecular flexibility index (Phi) is 11.0. The van der Waals surface area contributed by atoms with Crippen LogP contribution in [-0.2, 0) is 27.3 Å². The van der Waals surface area contributed by atoms with Crippen molar-refractivity contribution < 1.29 is 14.4 Å². The minimum absolute atomic E-state index is 0.509. The quantitative estimate of drug-likeness (QED) is 0.195. The van der Waals surface area contributed by atoms with Gasteiger partial charge < -0.3 is 14.4 Å². The second kappa shape index (κ2) is 14.0. The van der Waals surface area contributed by atoms with E-state index in [1.807, 2.05) is 50.2 Å². The molecule has 2 rings (SSSR count). The third kappa shape index (κ3) is 9.09. The Balaban J connectivity index is 1.78. The second-order valence-corrected chi connectivity index (χ2v) is 6.97. The number of pyridine rings is 2. The molecule has 0 aliphatic carbocycles. The summed E-state index contributed by atoms with van der Waals surface area (Å²) < 4.78 is 5.41. The molecule has 2 aromatic heterocycles. The highest BCUT2D eigenvalue weighted by atomic mass is 16.6. The van der Waals surface area contributed by atoms with Crippen molar-refractivity contribution in [3.63, 3.8) is 0 Å². The van der Waals surface area contributed by atoms with Crippen LogP contribution in [-0.4, -0.2) is 48.3 Å². The van der Waals surface area contributed by atoms with E-state index in [1.165, 1.54) is 7.11 Å². The summed E-state index contributed by atoms with van der Waals surface area (Å²) in [6, 6.07) is 11.8. The summed E-state index contributed by atoms with van der Waals surface area (Å²) >= 11 is 0. The molecule has 0 N–H and O–H groups in total. The highest BCUT2D eigenvalue weighted by Gasteiger charge is 2.04. The average molecular weight is 425 g/mol. The number of rotatable bonds is 14. The molecule has 0 aromatic carbocycles. The van der Waals surface area contributed by atoms with E-state index in [0.717, 1.165) is 59.9 Å². The molecule has 0 atom stereocenters. The summed E-state index contributed by atoms with van der Waals surface area (Å²) in [5.41, 5.74) is 5.15. The molecule has 7 nitrogen and oxygen atoms in total. The van der Waals surface area contributed by atoms with Gasteiger partial charge >= 0.3 is 0 Å². The lowest BCUT2D eigenvalue weighted by atomic mass is 10.2. The summed E-state index contributed by atoms with van der Waals surface area (Å²) in [6.45, 7) is 9.21. The van der Waals surface area contributed by atoms with Gasteiger partial charge in [0.25, 0.3) is 0 Å². The molecule has 0 spiro atoms. The molecule has 166 valence electrons. The van der Waals surface area contributed by atoms with Gasteiger partial charge in [-0.05, 0) is 63.8 Å². The first-order valence-corrected chi connectivity index (χ1v) is 10.5. The molecule has 0 aliphatic heterocycles. The lowest BCUT2D eigenvalue weighted by Crippen LogP contribution is -2.05. The smallest absolute Gasteiger partial charge is 0.117 e.